The zero-order valence-electron chi connectivity index (χ0n) is 21.5. The minimum atomic E-state index is -3.97. The second-order valence-electron chi connectivity index (χ2n) is 8.78. The molecule has 3 aromatic carbocycles. The zero-order chi connectivity index (χ0) is 27.4. The van der Waals surface area contributed by atoms with Gasteiger partial charge in [0.1, 0.15) is 11.6 Å². The van der Waals surface area contributed by atoms with E-state index in [9.17, 15) is 21.2 Å². The topological polar surface area (TPSA) is 96.0 Å². The molecule has 3 rings (SSSR count). The summed E-state index contributed by atoms with van der Waals surface area (Å²) in [5.41, 5.74) is 1.63. The number of ether oxygens (including phenoxy) is 1. The fourth-order valence-electron chi connectivity index (χ4n) is 3.77. The largest absolute Gasteiger partial charge is 0.497 e. The van der Waals surface area contributed by atoms with Gasteiger partial charge in [-0.2, -0.15) is 4.31 Å². The van der Waals surface area contributed by atoms with E-state index in [1.807, 2.05) is 25.9 Å². The highest BCUT2D eigenvalue weighted by Crippen LogP contribution is 2.30. The van der Waals surface area contributed by atoms with Crippen molar-refractivity contribution in [3.8, 4) is 5.75 Å². The van der Waals surface area contributed by atoms with E-state index >= 15 is 0 Å². The van der Waals surface area contributed by atoms with Crippen molar-refractivity contribution >= 4 is 31.4 Å². The van der Waals surface area contributed by atoms with Gasteiger partial charge in [0.15, 0.2) is 0 Å². The van der Waals surface area contributed by atoms with Crippen LogP contribution < -0.4 is 14.4 Å². The number of anilines is 2. The van der Waals surface area contributed by atoms with Crippen molar-refractivity contribution in [2.75, 3.05) is 30.8 Å². The molecule has 1 N–H and O–H groups in total. The summed E-state index contributed by atoms with van der Waals surface area (Å²) in [7, 11) is -2.73. The summed E-state index contributed by atoms with van der Waals surface area (Å²) in [5, 5.41) is 0. The molecule has 0 aromatic heterocycles. The van der Waals surface area contributed by atoms with Crippen molar-refractivity contribution in [1.29, 1.82) is 0 Å². The third-order valence-electron chi connectivity index (χ3n) is 6.01. The molecule has 0 amide bonds. The molecular formula is C26H32FN3O5S2. The van der Waals surface area contributed by atoms with Crippen LogP contribution in [-0.4, -0.2) is 48.4 Å². The van der Waals surface area contributed by atoms with Crippen molar-refractivity contribution in [2.45, 2.75) is 42.6 Å². The van der Waals surface area contributed by atoms with Gasteiger partial charge in [-0.15, -0.1) is 0 Å². The Hall–Kier alpha value is -3.15. The number of nitrogens with zero attached hydrogens (tertiary/aromatic N) is 2. The fourth-order valence-corrected chi connectivity index (χ4v) is 6.50. The average Bonchev–Trinajstić information content (AvgIpc) is 2.86. The second kappa shape index (κ2) is 11.5. The van der Waals surface area contributed by atoms with Crippen LogP contribution in [0.4, 0.5) is 15.8 Å². The van der Waals surface area contributed by atoms with Gasteiger partial charge in [-0.1, -0.05) is 6.92 Å². The normalized spacial score (nSPS) is 12.8. The molecule has 0 saturated carbocycles. The van der Waals surface area contributed by atoms with Crippen LogP contribution >= 0.6 is 0 Å². The van der Waals surface area contributed by atoms with Crippen molar-refractivity contribution in [3.05, 3.63) is 78.1 Å². The molecule has 0 heterocycles. The molecule has 0 aliphatic heterocycles. The van der Waals surface area contributed by atoms with E-state index in [-0.39, 0.29) is 22.4 Å². The maximum absolute atomic E-state index is 13.5. The van der Waals surface area contributed by atoms with Crippen molar-refractivity contribution in [2.24, 2.45) is 0 Å². The van der Waals surface area contributed by atoms with Crippen LogP contribution in [0.2, 0.25) is 0 Å². The Morgan fingerprint density at radius 2 is 1.51 bits per heavy atom. The lowest BCUT2D eigenvalue weighted by Gasteiger charge is -2.30. The van der Waals surface area contributed by atoms with Crippen LogP contribution in [0, 0.1) is 5.82 Å². The number of nitrogens with one attached hydrogen (secondary N) is 1. The molecule has 1 unspecified atom stereocenters. The maximum atomic E-state index is 13.5. The van der Waals surface area contributed by atoms with Gasteiger partial charge in [0.25, 0.3) is 10.0 Å². The number of hydrogen-bond donors (Lipinski definition) is 1. The third kappa shape index (κ3) is 6.60. The van der Waals surface area contributed by atoms with Crippen LogP contribution in [-0.2, 0) is 26.6 Å². The van der Waals surface area contributed by atoms with Crippen LogP contribution in [0.5, 0.6) is 5.75 Å². The summed E-state index contributed by atoms with van der Waals surface area (Å²) in [6.45, 7) is 3.66. The highest BCUT2D eigenvalue weighted by atomic mass is 32.2. The van der Waals surface area contributed by atoms with Gasteiger partial charge in [-0.05, 0) is 85.6 Å². The monoisotopic (exact) mass is 549 g/mol. The quantitative estimate of drug-likeness (QED) is 0.373. The smallest absolute Gasteiger partial charge is 0.261 e. The highest BCUT2D eigenvalue weighted by molar-refractivity contribution is 7.92. The Morgan fingerprint density at radius 3 is 2.05 bits per heavy atom. The van der Waals surface area contributed by atoms with Gasteiger partial charge in [0.05, 0.1) is 16.9 Å². The lowest BCUT2D eigenvalue weighted by Crippen LogP contribution is -2.38. The van der Waals surface area contributed by atoms with E-state index < -0.39 is 25.9 Å². The van der Waals surface area contributed by atoms with Crippen molar-refractivity contribution < 1.29 is 26.0 Å². The van der Waals surface area contributed by atoms with E-state index in [1.165, 1.54) is 35.7 Å². The molecule has 0 radical (unpaired) electrons. The Morgan fingerprint density at radius 1 is 0.919 bits per heavy atom. The van der Waals surface area contributed by atoms with Crippen LogP contribution in [0.3, 0.4) is 0 Å². The molecule has 0 aliphatic carbocycles. The lowest BCUT2D eigenvalue weighted by molar-refractivity contribution is 0.323. The number of benzene rings is 3. The van der Waals surface area contributed by atoms with Gasteiger partial charge in [-0.25, -0.2) is 21.2 Å². The number of sulfonamides is 2. The highest BCUT2D eigenvalue weighted by Gasteiger charge is 2.29. The molecule has 1 atom stereocenters. The first kappa shape index (κ1) is 28.4. The SMILES string of the molecule is CCC(C)N(Cc1cc(NS(=O)(=O)c2ccc(OC)cc2)ccc1N(C)C)S(=O)(=O)c1ccc(F)cc1. The summed E-state index contributed by atoms with van der Waals surface area (Å²) < 4.78 is 75.5. The van der Waals surface area contributed by atoms with E-state index in [0.717, 1.165) is 17.8 Å². The predicted molar refractivity (Wildman–Crippen MR) is 143 cm³/mol. The molecule has 0 saturated heterocycles. The maximum Gasteiger partial charge on any atom is 0.261 e. The number of hydrogen-bond acceptors (Lipinski definition) is 6. The van der Waals surface area contributed by atoms with Gasteiger partial charge in [0.2, 0.25) is 10.0 Å². The van der Waals surface area contributed by atoms with Crippen LogP contribution in [0.15, 0.2) is 76.5 Å². The predicted octanol–water partition coefficient (Wildman–Crippen LogP) is 4.69. The van der Waals surface area contributed by atoms with Crippen molar-refractivity contribution in [1.82, 2.24) is 4.31 Å². The van der Waals surface area contributed by atoms with Gasteiger partial charge in [-0.3, -0.25) is 4.72 Å². The first-order chi connectivity index (χ1) is 17.4. The molecule has 8 nitrogen and oxygen atoms in total. The second-order valence-corrected chi connectivity index (χ2v) is 12.4. The number of rotatable bonds is 11. The summed E-state index contributed by atoms with van der Waals surface area (Å²) in [6, 6.07) is 15.3. The first-order valence-corrected chi connectivity index (χ1v) is 14.6. The molecule has 11 heteroatoms. The average molecular weight is 550 g/mol. The first-order valence-electron chi connectivity index (χ1n) is 11.6. The minimum Gasteiger partial charge on any atom is -0.497 e. The minimum absolute atomic E-state index is 0.0136. The molecule has 37 heavy (non-hydrogen) atoms. The Bertz CT molecular complexity index is 1430. The zero-order valence-corrected chi connectivity index (χ0v) is 23.1. The summed E-state index contributed by atoms with van der Waals surface area (Å²) in [4.78, 5) is 1.87. The van der Waals surface area contributed by atoms with E-state index in [0.29, 0.717) is 23.4 Å². The van der Waals surface area contributed by atoms with E-state index in [4.69, 9.17) is 4.74 Å². The third-order valence-corrected chi connectivity index (χ3v) is 9.38. The summed E-state index contributed by atoms with van der Waals surface area (Å²) >= 11 is 0. The molecule has 3 aromatic rings. The lowest BCUT2D eigenvalue weighted by atomic mass is 10.1. The summed E-state index contributed by atoms with van der Waals surface area (Å²) in [6.07, 6.45) is 0.543. The molecule has 0 bridgehead atoms. The van der Waals surface area contributed by atoms with Gasteiger partial charge >= 0.3 is 0 Å². The van der Waals surface area contributed by atoms with Gasteiger partial charge in [0, 0.05) is 38.1 Å². The van der Waals surface area contributed by atoms with Crippen LogP contribution in [0.25, 0.3) is 0 Å². The molecule has 0 fully saturated rings. The Labute approximate surface area is 218 Å². The molecule has 200 valence electrons. The van der Waals surface area contributed by atoms with E-state index in [1.54, 1.807) is 37.3 Å². The fraction of sp³-hybridized carbons (Fsp3) is 0.308. The Kier molecular flexibility index (Phi) is 8.83. The Balaban J connectivity index is 2.00. The van der Waals surface area contributed by atoms with Gasteiger partial charge < -0.3 is 9.64 Å². The van der Waals surface area contributed by atoms with Crippen molar-refractivity contribution in [3.63, 3.8) is 0 Å². The standard InChI is InChI=1S/C26H32FN3O5S2/c1-6-19(2)30(37(33,34)25-12-7-21(27)8-13-25)18-20-17-22(9-16-26(20)29(3)4)28-36(31,32)24-14-10-23(35-5)11-15-24/h7-17,19,28H,6,18H2,1-5H3. The number of methoxy groups -OCH3 is 1. The van der Waals surface area contributed by atoms with Crippen LogP contribution in [0.1, 0.15) is 25.8 Å². The molecule has 0 aliphatic rings. The molecular weight excluding hydrogens is 517 g/mol. The van der Waals surface area contributed by atoms with E-state index in [2.05, 4.69) is 4.72 Å². The number of halogens is 1. The summed E-state index contributed by atoms with van der Waals surface area (Å²) in [5.74, 6) is 0.00449. The molecule has 0 spiro atoms.